The van der Waals surface area contributed by atoms with E-state index >= 15 is 0 Å². The second-order valence-electron chi connectivity index (χ2n) is 4.98. The molecule has 1 aromatic rings. The van der Waals surface area contributed by atoms with Crippen LogP contribution >= 0.6 is 0 Å². The van der Waals surface area contributed by atoms with Gasteiger partial charge in [0, 0.05) is 32.6 Å². The third-order valence-electron chi connectivity index (χ3n) is 3.49. The molecule has 0 spiro atoms. The summed E-state index contributed by atoms with van der Waals surface area (Å²) in [6.45, 7) is 7.40. The van der Waals surface area contributed by atoms with Gasteiger partial charge in [0.05, 0.1) is 0 Å². The van der Waals surface area contributed by atoms with Crippen LogP contribution in [-0.4, -0.2) is 37.0 Å². The van der Waals surface area contributed by atoms with Crippen molar-refractivity contribution >= 4 is 11.5 Å². The molecule has 1 amide bonds. The van der Waals surface area contributed by atoms with Gasteiger partial charge in [-0.3, -0.25) is 4.79 Å². The second kappa shape index (κ2) is 7.10. The molecule has 1 aliphatic heterocycles. The lowest BCUT2D eigenvalue weighted by atomic mass is 10.1. The average molecular weight is 258 g/mol. The van der Waals surface area contributed by atoms with Gasteiger partial charge in [-0.15, -0.1) is 0 Å². The van der Waals surface area contributed by atoms with Crippen LogP contribution in [0.15, 0.2) is 36.9 Å². The molecule has 0 saturated carbocycles. The number of carbonyl (C=O) groups excluding carboxylic acids is 1. The zero-order valence-electron chi connectivity index (χ0n) is 11.4. The summed E-state index contributed by atoms with van der Waals surface area (Å²) in [5.41, 5.74) is 2.22. The lowest BCUT2D eigenvalue weighted by Crippen LogP contribution is -2.31. The van der Waals surface area contributed by atoms with E-state index in [0.717, 1.165) is 50.2 Å². The Balaban J connectivity index is 1.64. The summed E-state index contributed by atoms with van der Waals surface area (Å²) < 4.78 is 0. The van der Waals surface area contributed by atoms with E-state index in [-0.39, 0.29) is 5.91 Å². The first-order valence-electron chi connectivity index (χ1n) is 6.99. The summed E-state index contributed by atoms with van der Waals surface area (Å²) in [6.07, 6.45) is 2.90. The van der Waals surface area contributed by atoms with Gasteiger partial charge in [0.1, 0.15) is 0 Å². The predicted octanol–water partition coefficient (Wildman–Crippen LogP) is 2.30. The first kappa shape index (κ1) is 13.8. The van der Waals surface area contributed by atoms with E-state index in [4.69, 9.17) is 0 Å². The van der Waals surface area contributed by atoms with E-state index in [1.807, 2.05) is 23.1 Å². The lowest BCUT2D eigenvalue weighted by molar-refractivity contribution is -0.130. The molecule has 1 heterocycles. The molecule has 0 unspecified atom stereocenters. The molecule has 0 bridgehead atoms. The van der Waals surface area contributed by atoms with Crippen molar-refractivity contribution in [3.63, 3.8) is 0 Å². The van der Waals surface area contributed by atoms with Crippen molar-refractivity contribution in [1.29, 1.82) is 0 Å². The molecular formula is C16H22N2O. The van der Waals surface area contributed by atoms with Crippen molar-refractivity contribution in [2.45, 2.75) is 19.3 Å². The van der Waals surface area contributed by atoms with Gasteiger partial charge in [-0.1, -0.05) is 36.9 Å². The maximum atomic E-state index is 11.8. The Hall–Kier alpha value is -1.61. The normalized spacial score (nSPS) is 14.6. The molecule has 3 nitrogen and oxygen atoms in total. The first-order chi connectivity index (χ1) is 9.27. The number of hydrogen-bond acceptors (Lipinski definition) is 2. The van der Waals surface area contributed by atoms with Gasteiger partial charge in [-0.2, -0.15) is 0 Å². The Labute approximate surface area is 115 Å². The van der Waals surface area contributed by atoms with Crippen LogP contribution in [0.4, 0.5) is 0 Å². The Morgan fingerprint density at radius 2 is 1.89 bits per heavy atom. The zero-order valence-corrected chi connectivity index (χ0v) is 11.4. The first-order valence-corrected chi connectivity index (χ1v) is 6.99. The van der Waals surface area contributed by atoms with Crippen LogP contribution in [0.5, 0.6) is 0 Å². The van der Waals surface area contributed by atoms with Gasteiger partial charge in [-0.05, 0) is 24.0 Å². The third-order valence-corrected chi connectivity index (χ3v) is 3.49. The number of rotatable bonds is 6. The van der Waals surface area contributed by atoms with Crippen LogP contribution in [0, 0.1) is 0 Å². The van der Waals surface area contributed by atoms with E-state index in [2.05, 4.69) is 24.0 Å². The highest BCUT2D eigenvalue weighted by atomic mass is 16.2. The van der Waals surface area contributed by atoms with Gasteiger partial charge >= 0.3 is 0 Å². The molecule has 1 saturated heterocycles. The molecule has 1 fully saturated rings. The summed E-state index contributed by atoms with van der Waals surface area (Å²) >= 11 is 0. The maximum Gasteiger partial charge on any atom is 0.223 e. The van der Waals surface area contributed by atoms with Crippen molar-refractivity contribution in [3.05, 3.63) is 42.5 Å². The van der Waals surface area contributed by atoms with E-state index in [1.165, 1.54) is 0 Å². The minimum atomic E-state index is 0.273. The topological polar surface area (TPSA) is 32.3 Å². The zero-order chi connectivity index (χ0) is 13.5. The molecule has 3 heteroatoms. The van der Waals surface area contributed by atoms with Crippen LogP contribution in [0.1, 0.15) is 24.8 Å². The summed E-state index contributed by atoms with van der Waals surface area (Å²) in [5, 5.41) is 3.29. The van der Waals surface area contributed by atoms with Crippen molar-refractivity contribution in [3.8, 4) is 0 Å². The molecule has 0 atom stereocenters. The molecule has 102 valence electrons. The molecular weight excluding hydrogens is 236 g/mol. The SMILES string of the molecule is C=C(CNCCC(=O)N1CCCC1)c1ccccc1. The Morgan fingerprint density at radius 3 is 2.58 bits per heavy atom. The second-order valence-corrected chi connectivity index (χ2v) is 4.98. The smallest absolute Gasteiger partial charge is 0.223 e. The lowest BCUT2D eigenvalue weighted by Gasteiger charge is -2.15. The minimum Gasteiger partial charge on any atom is -0.343 e. The number of hydrogen-bond donors (Lipinski definition) is 1. The van der Waals surface area contributed by atoms with Crippen LogP contribution < -0.4 is 5.32 Å². The van der Waals surface area contributed by atoms with Crippen molar-refractivity contribution in [2.24, 2.45) is 0 Å². The number of likely N-dealkylation sites (tertiary alicyclic amines) is 1. The molecule has 1 N–H and O–H groups in total. The monoisotopic (exact) mass is 258 g/mol. The van der Waals surface area contributed by atoms with Gasteiger partial charge in [0.2, 0.25) is 5.91 Å². The van der Waals surface area contributed by atoms with E-state index in [9.17, 15) is 4.79 Å². The Bertz CT molecular complexity index is 422. The number of amides is 1. The molecule has 0 aromatic heterocycles. The summed E-state index contributed by atoms with van der Waals surface area (Å²) in [5.74, 6) is 0.273. The average Bonchev–Trinajstić information content (AvgIpc) is 2.98. The summed E-state index contributed by atoms with van der Waals surface area (Å²) in [4.78, 5) is 13.8. The molecule has 2 rings (SSSR count). The number of nitrogens with one attached hydrogen (secondary N) is 1. The Morgan fingerprint density at radius 1 is 1.21 bits per heavy atom. The largest absolute Gasteiger partial charge is 0.343 e. The maximum absolute atomic E-state index is 11.8. The highest BCUT2D eigenvalue weighted by Gasteiger charge is 2.16. The highest BCUT2D eigenvalue weighted by Crippen LogP contribution is 2.10. The van der Waals surface area contributed by atoms with Crippen molar-refractivity contribution < 1.29 is 4.79 Å². The number of benzene rings is 1. The fourth-order valence-corrected chi connectivity index (χ4v) is 2.34. The quantitative estimate of drug-likeness (QED) is 0.794. The standard InChI is InChI=1S/C16H22N2O/c1-14(15-7-3-2-4-8-15)13-17-10-9-16(19)18-11-5-6-12-18/h2-4,7-8,17H,1,5-6,9-13H2. The van der Waals surface area contributed by atoms with E-state index in [0.29, 0.717) is 6.42 Å². The predicted molar refractivity (Wildman–Crippen MR) is 78.8 cm³/mol. The van der Waals surface area contributed by atoms with Crippen LogP contribution in [-0.2, 0) is 4.79 Å². The fourth-order valence-electron chi connectivity index (χ4n) is 2.34. The van der Waals surface area contributed by atoms with Crippen molar-refractivity contribution in [1.82, 2.24) is 10.2 Å². The van der Waals surface area contributed by atoms with Gasteiger partial charge in [-0.25, -0.2) is 0 Å². The van der Waals surface area contributed by atoms with Crippen LogP contribution in [0.3, 0.4) is 0 Å². The molecule has 0 aliphatic carbocycles. The minimum absolute atomic E-state index is 0.273. The van der Waals surface area contributed by atoms with Crippen molar-refractivity contribution in [2.75, 3.05) is 26.2 Å². The molecule has 1 aliphatic rings. The van der Waals surface area contributed by atoms with E-state index in [1.54, 1.807) is 0 Å². The Kier molecular flexibility index (Phi) is 5.16. The van der Waals surface area contributed by atoms with Crippen LogP contribution in [0.25, 0.3) is 5.57 Å². The molecule has 19 heavy (non-hydrogen) atoms. The number of nitrogens with zero attached hydrogens (tertiary/aromatic N) is 1. The highest BCUT2D eigenvalue weighted by molar-refractivity contribution is 5.76. The van der Waals surface area contributed by atoms with Gasteiger partial charge in [0.15, 0.2) is 0 Å². The molecule has 1 aromatic carbocycles. The van der Waals surface area contributed by atoms with Crippen LogP contribution in [0.2, 0.25) is 0 Å². The summed E-state index contributed by atoms with van der Waals surface area (Å²) in [6, 6.07) is 10.1. The van der Waals surface area contributed by atoms with Gasteiger partial charge in [0.25, 0.3) is 0 Å². The molecule has 0 radical (unpaired) electrons. The summed E-state index contributed by atoms with van der Waals surface area (Å²) in [7, 11) is 0. The third kappa shape index (κ3) is 4.21. The van der Waals surface area contributed by atoms with E-state index < -0.39 is 0 Å². The van der Waals surface area contributed by atoms with Gasteiger partial charge < -0.3 is 10.2 Å². The number of carbonyl (C=O) groups is 1. The fraction of sp³-hybridized carbons (Fsp3) is 0.438.